The van der Waals surface area contributed by atoms with Gasteiger partial charge in [0.25, 0.3) is 0 Å². The fourth-order valence-corrected chi connectivity index (χ4v) is 1.98. The molecule has 0 aliphatic heterocycles. The zero-order valence-electron chi connectivity index (χ0n) is 9.86. The van der Waals surface area contributed by atoms with Crippen LogP contribution in [0.1, 0.15) is 18.4 Å². The van der Waals surface area contributed by atoms with E-state index in [0.717, 1.165) is 22.9 Å². The predicted molar refractivity (Wildman–Crippen MR) is 71.7 cm³/mol. The molecule has 1 aliphatic rings. The lowest BCUT2D eigenvalue weighted by molar-refractivity contribution is -0.128. The van der Waals surface area contributed by atoms with Crippen molar-refractivity contribution in [1.29, 1.82) is 0 Å². The first kappa shape index (κ1) is 13.1. The fourth-order valence-electron chi connectivity index (χ4n) is 1.71. The molecular weight excluding hydrogens is 296 g/mol. The van der Waals surface area contributed by atoms with E-state index >= 15 is 0 Å². The summed E-state index contributed by atoms with van der Waals surface area (Å²) in [4.78, 5) is 23.0. The van der Waals surface area contributed by atoms with Gasteiger partial charge in [0.05, 0.1) is 0 Å². The maximum Gasteiger partial charge on any atom is 0.240 e. The second-order valence-corrected chi connectivity index (χ2v) is 5.48. The first-order valence-electron chi connectivity index (χ1n) is 5.90. The normalized spacial score (nSPS) is 16.1. The Bertz CT molecular complexity index is 455. The number of nitrogens with two attached hydrogens (primary N) is 1. The lowest BCUT2D eigenvalue weighted by atomic mass is 10.1. The number of carbonyl (C=O) groups excluding carboxylic acids is 2. The molecular formula is C13H15BrN2O2. The Morgan fingerprint density at radius 3 is 2.44 bits per heavy atom. The molecule has 0 bridgehead atoms. The molecule has 2 amide bonds. The van der Waals surface area contributed by atoms with Gasteiger partial charge in [0.15, 0.2) is 0 Å². The standard InChI is InChI=1S/C13H15BrN2O2/c14-10-5-1-8(2-6-10)7-11(12(15)17)16-13(18)9-3-4-9/h1-2,5-6,9,11H,3-4,7H2,(H2,15,17)(H,16,18)/t11-/m0/s1. The monoisotopic (exact) mass is 310 g/mol. The molecule has 2 rings (SSSR count). The first-order valence-corrected chi connectivity index (χ1v) is 6.69. The SMILES string of the molecule is NC(=O)[C@H](Cc1ccc(Br)cc1)NC(=O)C1CC1. The number of halogens is 1. The second kappa shape index (κ2) is 5.52. The number of nitrogens with one attached hydrogen (secondary N) is 1. The van der Waals surface area contributed by atoms with Gasteiger partial charge in [0.1, 0.15) is 6.04 Å². The summed E-state index contributed by atoms with van der Waals surface area (Å²) >= 11 is 3.35. The highest BCUT2D eigenvalue weighted by molar-refractivity contribution is 9.10. The maximum absolute atomic E-state index is 11.6. The lowest BCUT2D eigenvalue weighted by Crippen LogP contribution is -2.46. The third kappa shape index (κ3) is 3.57. The minimum atomic E-state index is -0.626. The zero-order chi connectivity index (χ0) is 13.1. The molecule has 1 saturated carbocycles. The molecule has 1 aromatic rings. The van der Waals surface area contributed by atoms with Crippen molar-refractivity contribution in [2.24, 2.45) is 11.7 Å². The van der Waals surface area contributed by atoms with E-state index < -0.39 is 11.9 Å². The number of benzene rings is 1. The van der Waals surface area contributed by atoms with Crippen LogP contribution in [-0.4, -0.2) is 17.9 Å². The van der Waals surface area contributed by atoms with Crippen molar-refractivity contribution >= 4 is 27.7 Å². The van der Waals surface area contributed by atoms with Gasteiger partial charge in [-0.15, -0.1) is 0 Å². The van der Waals surface area contributed by atoms with Crippen LogP contribution in [0.4, 0.5) is 0 Å². The minimum Gasteiger partial charge on any atom is -0.368 e. The first-order chi connectivity index (χ1) is 8.56. The molecule has 0 radical (unpaired) electrons. The van der Waals surface area contributed by atoms with Crippen LogP contribution in [0.2, 0.25) is 0 Å². The number of rotatable bonds is 5. The molecule has 0 saturated heterocycles. The van der Waals surface area contributed by atoms with Gasteiger partial charge in [-0.05, 0) is 30.5 Å². The molecule has 0 spiro atoms. The Labute approximate surface area is 114 Å². The number of carbonyl (C=O) groups is 2. The highest BCUT2D eigenvalue weighted by atomic mass is 79.9. The molecule has 1 aromatic carbocycles. The summed E-state index contributed by atoms with van der Waals surface area (Å²) < 4.78 is 0.976. The Hall–Kier alpha value is -1.36. The molecule has 4 nitrogen and oxygen atoms in total. The summed E-state index contributed by atoms with van der Waals surface area (Å²) in [5.74, 6) is -0.473. The van der Waals surface area contributed by atoms with Crippen molar-refractivity contribution in [3.8, 4) is 0 Å². The summed E-state index contributed by atoms with van der Waals surface area (Å²) in [5.41, 5.74) is 6.29. The van der Waals surface area contributed by atoms with Crippen LogP contribution in [0.15, 0.2) is 28.7 Å². The van der Waals surface area contributed by atoms with Crippen LogP contribution >= 0.6 is 15.9 Å². The van der Waals surface area contributed by atoms with Gasteiger partial charge in [0, 0.05) is 16.8 Å². The van der Waals surface area contributed by atoms with Gasteiger partial charge < -0.3 is 11.1 Å². The van der Waals surface area contributed by atoms with Crippen molar-refractivity contribution in [2.45, 2.75) is 25.3 Å². The lowest BCUT2D eigenvalue weighted by Gasteiger charge is -2.15. The average Bonchev–Trinajstić information content (AvgIpc) is 3.14. The van der Waals surface area contributed by atoms with E-state index in [2.05, 4.69) is 21.2 Å². The van der Waals surface area contributed by atoms with E-state index in [4.69, 9.17) is 5.73 Å². The summed E-state index contributed by atoms with van der Waals surface area (Å²) in [6.07, 6.45) is 2.26. The van der Waals surface area contributed by atoms with Crippen molar-refractivity contribution in [3.05, 3.63) is 34.3 Å². The van der Waals surface area contributed by atoms with Crippen LogP contribution in [-0.2, 0) is 16.0 Å². The number of hydrogen-bond donors (Lipinski definition) is 2. The van der Waals surface area contributed by atoms with Gasteiger partial charge in [-0.3, -0.25) is 9.59 Å². The number of amides is 2. The average molecular weight is 311 g/mol. The van der Waals surface area contributed by atoms with Gasteiger partial charge in [-0.1, -0.05) is 28.1 Å². The third-order valence-corrected chi connectivity index (χ3v) is 3.49. The minimum absolute atomic E-state index is 0.0593. The molecule has 1 aliphatic carbocycles. The van der Waals surface area contributed by atoms with E-state index in [1.165, 1.54) is 0 Å². The third-order valence-electron chi connectivity index (χ3n) is 2.96. The molecule has 96 valence electrons. The Morgan fingerprint density at radius 2 is 1.94 bits per heavy atom. The molecule has 0 unspecified atom stereocenters. The molecule has 1 atom stereocenters. The van der Waals surface area contributed by atoms with Crippen LogP contribution < -0.4 is 11.1 Å². The number of hydrogen-bond acceptors (Lipinski definition) is 2. The van der Waals surface area contributed by atoms with Gasteiger partial charge in [0.2, 0.25) is 11.8 Å². The zero-order valence-corrected chi connectivity index (χ0v) is 11.4. The van der Waals surface area contributed by atoms with Gasteiger partial charge >= 0.3 is 0 Å². The molecule has 1 fully saturated rings. The summed E-state index contributed by atoms with van der Waals surface area (Å²) in [5, 5.41) is 2.72. The predicted octanol–water partition coefficient (Wildman–Crippen LogP) is 1.37. The van der Waals surface area contributed by atoms with E-state index in [0.29, 0.717) is 6.42 Å². The quantitative estimate of drug-likeness (QED) is 0.862. The van der Waals surface area contributed by atoms with Gasteiger partial charge in [-0.2, -0.15) is 0 Å². The highest BCUT2D eigenvalue weighted by Crippen LogP contribution is 2.29. The van der Waals surface area contributed by atoms with E-state index in [1.54, 1.807) is 0 Å². The Kier molecular flexibility index (Phi) is 4.01. The smallest absolute Gasteiger partial charge is 0.240 e. The van der Waals surface area contributed by atoms with Crippen molar-refractivity contribution in [3.63, 3.8) is 0 Å². The molecule has 0 heterocycles. The summed E-state index contributed by atoms with van der Waals surface area (Å²) in [6.45, 7) is 0. The van der Waals surface area contributed by atoms with E-state index in [9.17, 15) is 9.59 Å². The summed E-state index contributed by atoms with van der Waals surface area (Å²) in [6, 6.07) is 6.98. The van der Waals surface area contributed by atoms with Crippen LogP contribution in [0.25, 0.3) is 0 Å². The largest absolute Gasteiger partial charge is 0.368 e. The molecule has 3 N–H and O–H groups in total. The maximum atomic E-state index is 11.6. The van der Waals surface area contributed by atoms with Crippen LogP contribution in [0.5, 0.6) is 0 Å². The van der Waals surface area contributed by atoms with E-state index in [-0.39, 0.29) is 11.8 Å². The summed E-state index contributed by atoms with van der Waals surface area (Å²) in [7, 11) is 0. The van der Waals surface area contributed by atoms with Crippen molar-refractivity contribution < 1.29 is 9.59 Å². The fraction of sp³-hybridized carbons (Fsp3) is 0.385. The molecule has 0 aromatic heterocycles. The van der Waals surface area contributed by atoms with Crippen molar-refractivity contribution in [1.82, 2.24) is 5.32 Å². The van der Waals surface area contributed by atoms with Gasteiger partial charge in [-0.25, -0.2) is 0 Å². The van der Waals surface area contributed by atoms with Crippen LogP contribution in [0, 0.1) is 5.92 Å². The molecule has 18 heavy (non-hydrogen) atoms. The van der Waals surface area contributed by atoms with Crippen molar-refractivity contribution in [2.75, 3.05) is 0 Å². The Balaban J connectivity index is 1.99. The Morgan fingerprint density at radius 1 is 1.33 bits per heavy atom. The molecule has 5 heteroatoms. The van der Waals surface area contributed by atoms with E-state index in [1.807, 2.05) is 24.3 Å². The topological polar surface area (TPSA) is 72.2 Å². The van der Waals surface area contributed by atoms with Crippen LogP contribution in [0.3, 0.4) is 0 Å². The number of primary amides is 1. The highest BCUT2D eigenvalue weighted by Gasteiger charge is 2.32. The second-order valence-electron chi connectivity index (χ2n) is 4.57.